The zero-order chi connectivity index (χ0) is 21.1. The Morgan fingerprint density at radius 2 is 1.90 bits per heavy atom. The number of benzene rings is 2. The average molecular weight is 403 g/mol. The summed E-state index contributed by atoms with van der Waals surface area (Å²) in [6, 6.07) is 16.6. The van der Waals surface area contributed by atoms with Crippen LogP contribution in [0.2, 0.25) is 0 Å². The van der Waals surface area contributed by atoms with E-state index < -0.39 is 17.9 Å². The minimum absolute atomic E-state index is 0.0808. The zero-order valence-corrected chi connectivity index (χ0v) is 16.2. The molecule has 2 amide bonds. The highest BCUT2D eigenvalue weighted by Crippen LogP contribution is 2.27. The molecule has 8 heteroatoms. The molecule has 0 saturated carbocycles. The van der Waals surface area contributed by atoms with Crippen molar-refractivity contribution < 1.29 is 14.7 Å². The summed E-state index contributed by atoms with van der Waals surface area (Å²) in [6.45, 7) is -0.291. The van der Waals surface area contributed by atoms with E-state index in [2.05, 4.69) is 15.3 Å². The summed E-state index contributed by atoms with van der Waals surface area (Å²) in [5.41, 5.74) is 7.66. The number of primary amides is 1. The second-order valence-electron chi connectivity index (χ2n) is 6.98. The minimum Gasteiger partial charge on any atom is -0.396 e. The molecule has 4 N–H and O–H groups in total. The highest BCUT2D eigenvalue weighted by molar-refractivity contribution is 5.92. The molecule has 2 aromatic carbocycles. The molecule has 0 aliphatic carbocycles. The maximum atomic E-state index is 12.5. The van der Waals surface area contributed by atoms with Gasteiger partial charge in [0.05, 0.1) is 13.0 Å². The number of rotatable bonds is 7. The molecule has 0 fully saturated rings. The predicted octanol–water partition coefficient (Wildman–Crippen LogP) is 2.17. The number of amides is 2. The van der Waals surface area contributed by atoms with Gasteiger partial charge in [0.1, 0.15) is 11.6 Å². The number of nitrogens with zero attached hydrogens (tertiary/aromatic N) is 3. The van der Waals surface area contributed by atoms with Crippen LogP contribution in [0.4, 0.5) is 5.95 Å². The Morgan fingerprint density at radius 1 is 1.10 bits per heavy atom. The Labute approximate surface area is 172 Å². The molecular weight excluding hydrogens is 382 g/mol. The van der Waals surface area contributed by atoms with Crippen molar-refractivity contribution in [3.8, 4) is 0 Å². The molecule has 8 nitrogen and oxygen atoms in total. The SMILES string of the molecule is NC(=O)C(Cc1ccc2ccccc2c1)n1c(NC(=O)CCO)nc2cccnc21. The molecule has 2 aromatic heterocycles. The lowest BCUT2D eigenvalue weighted by Gasteiger charge is -2.19. The number of carbonyl (C=O) groups is 2. The van der Waals surface area contributed by atoms with Crippen LogP contribution in [0, 0.1) is 0 Å². The Hall–Kier alpha value is -3.78. The Bertz CT molecular complexity index is 1230. The number of nitrogens with one attached hydrogen (secondary N) is 1. The Morgan fingerprint density at radius 3 is 2.67 bits per heavy atom. The summed E-state index contributed by atoms with van der Waals surface area (Å²) in [4.78, 5) is 33.3. The number of fused-ring (bicyclic) bond motifs is 2. The molecule has 0 bridgehead atoms. The summed E-state index contributed by atoms with van der Waals surface area (Å²) in [5.74, 6) is -0.805. The number of aliphatic hydroxyl groups excluding tert-OH is 1. The number of anilines is 1. The van der Waals surface area contributed by atoms with Crippen LogP contribution in [-0.2, 0) is 16.0 Å². The standard InChI is InChI=1S/C22H21N5O3/c23-20(30)18(13-14-7-8-15-4-1-2-5-16(15)12-14)27-21-17(6-3-10-24-21)25-22(27)26-19(29)9-11-28/h1-8,10,12,18,28H,9,11,13H2,(H2,23,30)(H,25,26,29). The second-order valence-corrected chi connectivity index (χ2v) is 6.98. The molecule has 0 aliphatic rings. The van der Waals surface area contributed by atoms with Gasteiger partial charge in [-0.3, -0.25) is 19.5 Å². The third kappa shape index (κ3) is 3.85. The van der Waals surface area contributed by atoms with Crippen LogP contribution in [0.1, 0.15) is 18.0 Å². The molecular formula is C22H21N5O3. The molecule has 1 unspecified atom stereocenters. The first kappa shape index (κ1) is 19.5. The van der Waals surface area contributed by atoms with Crippen LogP contribution in [0.5, 0.6) is 0 Å². The number of carbonyl (C=O) groups excluding carboxylic acids is 2. The van der Waals surface area contributed by atoms with E-state index >= 15 is 0 Å². The molecule has 0 aliphatic heterocycles. The average Bonchev–Trinajstić information content (AvgIpc) is 3.09. The fourth-order valence-corrected chi connectivity index (χ4v) is 3.51. The van der Waals surface area contributed by atoms with Crippen molar-refractivity contribution in [3.05, 3.63) is 66.4 Å². The predicted molar refractivity (Wildman–Crippen MR) is 114 cm³/mol. The molecule has 0 saturated heterocycles. The smallest absolute Gasteiger partial charge is 0.241 e. The Balaban J connectivity index is 1.77. The van der Waals surface area contributed by atoms with Gasteiger partial charge in [0.2, 0.25) is 17.8 Å². The third-order valence-corrected chi connectivity index (χ3v) is 4.92. The van der Waals surface area contributed by atoms with Crippen LogP contribution in [-0.4, -0.2) is 38.1 Å². The number of pyridine rings is 1. The zero-order valence-electron chi connectivity index (χ0n) is 16.2. The highest BCUT2D eigenvalue weighted by Gasteiger charge is 2.26. The monoisotopic (exact) mass is 403 g/mol. The van der Waals surface area contributed by atoms with Crippen molar-refractivity contribution in [3.63, 3.8) is 0 Å². The number of hydrogen-bond acceptors (Lipinski definition) is 5. The van der Waals surface area contributed by atoms with Gasteiger partial charge in [0, 0.05) is 12.6 Å². The molecule has 2 heterocycles. The van der Waals surface area contributed by atoms with Crippen molar-refractivity contribution >= 4 is 39.7 Å². The van der Waals surface area contributed by atoms with Crippen molar-refractivity contribution in [1.29, 1.82) is 0 Å². The van der Waals surface area contributed by atoms with Crippen LogP contribution < -0.4 is 11.1 Å². The van der Waals surface area contributed by atoms with Crippen molar-refractivity contribution in [2.24, 2.45) is 5.73 Å². The van der Waals surface area contributed by atoms with Gasteiger partial charge in [-0.15, -0.1) is 0 Å². The lowest BCUT2D eigenvalue weighted by Crippen LogP contribution is -2.30. The molecule has 4 rings (SSSR count). The van der Waals surface area contributed by atoms with E-state index in [1.165, 1.54) is 0 Å². The maximum Gasteiger partial charge on any atom is 0.241 e. The second kappa shape index (κ2) is 8.30. The molecule has 0 spiro atoms. The highest BCUT2D eigenvalue weighted by atomic mass is 16.3. The van der Waals surface area contributed by atoms with Crippen LogP contribution in [0.25, 0.3) is 21.9 Å². The van der Waals surface area contributed by atoms with E-state index in [0.717, 1.165) is 16.3 Å². The largest absolute Gasteiger partial charge is 0.396 e. The van der Waals surface area contributed by atoms with E-state index in [1.54, 1.807) is 22.9 Å². The summed E-state index contributed by atoms with van der Waals surface area (Å²) in [5, 5.41) is 13.8. The van der Waals surface area contributed by atoms with Gasteiger partial charge < -0.3 is 10.8 Å². The Kier molecular flexibility index (Phi) is 5.40. The van der Waals surface area contributed by atoms with Gasteiger partial charge >= 0.3 is 0 Å². The van der Waals surface area contributed by atoms with E-state index in [-0.39, 0.29) is 19.0 Å². The molecule has 152 valence electrons. The van der Waals surface area contributed by atoms with Gasteiger partial charge in [-0.2, -0.15) is 0 Å². The normalized spacial score (nSPS) is 12.2. The van der Waals surface area contributed by atoms with Gasteiger partial charge in [0.15, 0.2) is 5.65 Å². The lowest BCUT2D eigenvalue weighted by atomic mass is 10.0. The topological polar surface area (TPSA) is 123 Å². The first-order valence-corrected chi connectivity index (χ1v) is 9.57. The first-order chi connectivity index (χ1) is 14.6. The number of aliphatic hydroxyl groups is 1. The van der Waals surface area contributed by atoms with Crippen molar-refractivity contribution in [2.75, 3.05) is 11.9 Å². The first-order valence-electron chi connectivity index (χ1n) is 9.57. The molecule has 0 radical (unpaired) electrons. The van der Waals surface area contributed by atoms with E-state index in [1.807, 2.05) is 42.5 Å². The third-order valence-electron chi connectivity index (χ3n) is 4.92. The fourth-order valence-electron chi connectivity index (χ4n) is 3.51. The molecule has 30 heavy (non-hydrogen) atoms. The van der Waals surface area contributed by atoms with Gasteiger partial charge in [-0.05, 0) is 28.5 Å². The fraction of sp³-hybridized carbons (Fsp3) is 0.182. The van der Waals surface area contributed by atoms with E-state index in [9.17, 15) is 9.59 Å². The van der Waals surface area contributed by atoms with Crippen molar-refractivity contribution in [1.82, 2.24) is 14.5 Å². The van der Waals surface area contributed by atoms with Crippen LogP contribution in [0.3, 0.4) is 0 Å². The molecule has 4 aromatic rings. The van der Waals surface area contributed by atoms with Crippen LogP contribution in [0.15, 0.2) is 60.8 Å². The number of nitrogens with two attached hydrogens (primary N) is 1. The lowest BCUT2D eigenvalue weighted by molar-refractivity contribution is -0.121. The van der Waals surface area contributed by atoms with E-state index in [0.29, 0.717) is 17.6 Å². The maximum absolute atomic E-state index is 12.5. The number of imidazole rings is 1. The van der Waals surface area contributed by atoms with Gasteiger partial charge in [-0.1, -0.05) is 42.5 Å². The minimum atomic E-state index is -0.810. The summed E-state index contributed by atoms with van der Waals surface area (Å²) < 4.78 is 1.56. The quantitative estimate of drug-likeness (QED) is 0.436. The van der Waals surface area contributed by atoms with Crippen molar-refractivity contribution in [2.45, 2.75) is 18.9 Å². The van der Waals surface area contributed by atoms with Gasteiger partial charge in [-0.25, -0.2) is 9.97 Å². The van der Waals surface area contributed by atoms with Crippen LogP contribution >= 0.6 is 0 Å². The molecule has 1 atom stereocenters. The summed E-state index contributed by atoms with van der Waals surface area (Å²) in [7, 11) is 0. The van der Waals surface area contributed by atoms with E-state index in [4.69, 9.17) is 10.8 Å². The van der Waals surface area contributed by atoms with Gasteiger partial charge in [0.25, 0.3) is 0 Å². The number of hydrogen-bond donors (Lipinski definition) is 3. The summed E-state index contributed by atoms with van der Waals surface area (Å²) in [6.07, 6.45) is 1.82. The summed E-state index contributed by atoms with van der Waals surface area (Å²) >= 11 is 0. The number of aromatic nitrogens is 3.